The lowest BCUT2D eigenvalue weighted by Crippen LogP contribution is -2.03. The molecule has 30 heavy (non-hydrogen) atoms. The summed E-state index contributed by atoms with van der Waals surface area (Å²) < 4.78 is 27.2. The maximum Gasteiger partial charge on any atom is 0.274 e. The van der Waals surface area contributed by atoms with E-state index in [9.17, 15) is 13.6 Å². The molecule has 0 radical (unpaired) electrons. The number of hydrogen-bond donors (Lipinski definition) is 2. The lowest BCUT2D eigenvalue weighted by Gasteiger charge is -2.16. The number of nitrogens with zero attached hydrogens (tertiary/aromatic N) is 2. The maximum absolute atomic E-state index is 13.6. The van der Waals surface area contributed by atoms with Crippen LogP contribution in [0.3, 0.4) is 0 Å². The minimum atomic E-state index is -0.378. The van der Waals surface area contributed by atoms with Gasteiger partial charge in [-0.05, 0) is 59.7 Å². The van der Waals surface area contributed by atoms with Crippen molar-refractivity contribution in [3.05, 3.63) is 95.0 Å². The van der Waals surface area contributed by atoms with Crippen LogP contribution < -0.4 is 5.56 Å². The normalized spacial score (nSPS) is 11.1. The fourth-order valence-electron chi connectivity index (χ4n) is 3.60. The first-order valence-electron chi connectivity index (χ1n) is 9.18. The first kappa shape index (κ1) is 17.9. The van der Waals surface area contributed by atoms with Crippen molar-refractivity contribution in [2.75, 3.05) is 0 Å². The van der Waals surface area contributed by atoms with Gasteiger partial charge in [0, 0.05) is 29.1 Å². The Bertz CT molecular complexity index is 1410. The molecule has 5 nitrogen and oxygen atoms in total. The van der Waals surface area contributed by atoms with Crippen molar-refractivity contribution >= 4 is 11.0 Å². The van der Waals surface area contributed by atoms with E-state index in [1.165, 1.54) is 24.3 Å². The average Bonchev–Trinajstić information content (AvgIpc) is 3.15. The molecule has 0 spiro atoms. The van der Waals surface area contributed by atoms with Gasteiger partial charge in [-0.2, -0.15) is 0 Å². The van der Waals surface area contributed by atoms with E-state index in [-0.39, 0.29) is 17.2 Å². The zero-order valence-electron chi connectivity index (χ0n) is 15.5. The molecule has 0 unspecified atom stereocenters. The molecule has 0 saturated carbocycles. The lowest BCUT2D eigenvalue weighted by atomic mass is 9.89. The first-order valence-corrected chi connectivity index (χ1v) is 9.18. The smallest absolute Gasteiger partial charge is 0.274 e. The molecule has 7 heteroatoms. The van der Waals surface area contributed by atoms with Crippen molar-refractivity contribution in [2.24, 2.45) is 0 Å². The van der Waals surface area contributed by atoms with E-state index in [0.717, 1.165) is 5.56 Å². The van der Waals surface area contributed by atoms with Crippen molar-refractivity contribution in [3.8, 4) is 33.5 Å². The summed E-state index contributed by atoms with van der Waals surface area (Å²) in [5.41, 5.74) is 3.97. The molecular weight excluding hydrogens is 386 g/mol. The van der Waals surface area contributed by atoms with Crippen molar-refractivity contribution in [3.63, 3.8) is 0 Å². The van der Waals surface area contributed by atoms with Crippen molar-refractivity contribution in [1.82, 2.24) is 20.2 Å². The monoisotopic (exact) mass is 400 g/mol. The molecule has 146 valence electrons. The number of H-pyrrole nitrogens is 2. The minimum absolute atomic E-state index is 0.335. The number of nitrogens with one attached hydrogen (secondary N) is 2. The van der Waals surface area contributed by atoms with E-state index in [4.69, 9.17) is 0 Å². The van der Waals surface area contributed by atoms with Gasteiger partial charge >= 0.3 is 0 Å². The summed E-state index contributed by atoms with van der Waals surface area (Å²) in [6.45, 7) is 0. The molecule has 0 atom stereocenters. The molecule has 5 aromatic rings. The van der Waals surface area contributed by atoms with Crippen LogP contribution in [0.4, 0.5) is 8.78 Å². The van der Waals surface area contributed by atoms with Gasteiger partial charge in [-0.25, -0.2) is 13.8 Å². The van der Waals surface area contributed by atoms with Crippen LogP contribution in [0.5, 0.6) is 0 Å². The average molecular weight is 400 g/mol. The molecule has 0 fully saturated rings. The van der Waals surface area contributed by atoms with Crippen LogP contribution in [0.25, 0.3) is 44.5 Å². The highest BCUT2D eigenvalue weighted by atomic mass is 19.1. The zero-order valence-corrected chi connectivity index (χ0v) is 15.5. The molecule has 0 saturated heterocycles. The summed E-state index contributed by atoms with van der Waals surface area (Å²) in [5, 5.41) is 5.74. The van der Waals surface area contributed by atoms with Gasteiger partial charge in [0.15, 0.2) is 5.65 Å². The number of aromatic amines is 2. The first-order chi connectivity index (χ1) is 14.6. The standard InChI is InChI=1S/C23H14F2N4O/c24-16-5-1-13(2-6-16)18-19(14-9-11-26-12-10-14)21(15-3-7-17(25)8-4-15)27-22-20(18)23(30)29-28-22/h1-12H,(H2,27,28,29,30). The van der Waals surface area contributed by atoms with Crippen LogP contribution in [0.15, 0.2) is 77.9 Å². The van der Waals surface area contributed by atoms with Crippen LogP contribution >= 0.6 is 0 Å². The molecule has 3 aromatic heterocycles. The Hall–Kier alpha value is -4.13. The second-order valence-corrected chi connectivity index (χ2v) is 6.76. The number of aromatic nitrogens is 4. The second kappa shape index (κ2) is 7.04. The molecule has 0 aliphatic carbocycles. The number of fused-ring (bicyclic) bond motifs is 1. The number of benzene rings is 2. The Morgan fingerprint density at radius 3 is 1.87 bits per heavy atom. The van der Waals surface area contributed by atoms with Gasteiger partial charge < -0.3 is 0 Å². The molecule has 3 heterocycles. The predicted octanol–water partition coefficient (Wildman–Crippen LogP) is 4.93. The molecule has 0 bridgehead atoms. The van der Waals surface area contributed by atoms with Crippen LogP contribution in [0.2, 0.25) is 0 Å². The number of pyridine rings is 2. The number of halogens is 2. The minimum Gasteiger partial charge on any atom is -0.281 e. The van der Waals surface area contributed by atoms with E-state index in [0.29, 0.717) is 39.0 Å². The highest BCUT2D eigenvalue weighted by Gasteiger charge is 2.22. The molecule has 0 amide bonds. The third kappa shape index (κ3) is 2.97. The zero-order chi connectivity index (χ0) is 20.7. The summed E-state index contributed by atoms with van der Waals surface area (Å²) in [6.07, 6.45) is 3.29. The molecule has 5 rings (SSSR count). The van der Waals surface area contributed by atoms with Gasteiger partial charge in [0.25, 0.3) is 5.56 Å². The van der Waals surface area contributed by atoms with Gasteiger partial charge in [-0.1, -0.05) is 12.1 Å². The summed E-state index contributed by atoms with van der Waals surface area (Å²) in [6, 6.07) is 15.5. The quantitative estimate of drug-likeness (QED) is 0.451. The Kier molecular flexibility index (Phi) is 4.21. The van der Waals surface area contributed by atoms with Gasteiger partial charge in [0.2, 0.25) is 0 Å². The van der Waals surface area contributed by atoms with Crippen LogP contribution in [0, 0.1) is 11.6 Å². The van der Waals surface area contributed by atoms with Crippen LogP contribution in [-0.4, -0.2) is 20.2 Å². The molecule has 2 N–H and O–H groups in total. The predicted molar refractivity (Wildman–Crippen MR) is 111 cm³/mol. The van der Waals surface area contributed by atoms with Crippen molar-refractivity contribution in [1.29, 1.82) is 0 Å². The topological polar surface area (TPSA) is 74.4 Å². The van der Waals surface area contributed by atoms with Crippen molar-refractivity contribution < 1.29 is 8.78 Å². The maximum atomic E-state index is 13.6. The van der Waals surface area contributed by atoms with Gasteiger partial charge in [-0.15, -0.1) is 0 Å². The van der Waals surface area contributed by atoms with E-state index in [1.807, 2.05) is 12.1 Å². The van der Waals surface area contributed by atoms with E-state index in [1.54, 1.807) is 36.7 Å². The third-order valence-electron chi connectivity index (χ3n) is 4.94. The van der Waals surface area contributed by atoms with Crippen LogP contribution in [-0.2, 0) is 0 Å². The largest absolute Gasteiger partial charge is 0.281 e. The van der Waals surface area contributed by atoms with Crippen LogP contribution in [0.1, 0.15) is 0 Å². The van der Waals surface area contributed by atoms with Gasteiger partial charge in [0.05, 0.1) is 11.1 Å². The summed E-state index contributed by atoms with van der Waals surface area (Å²) in [5.74, 6) is -0.740. The Morgan fingerprint density at radius 2 is 1.23 bits per heavy atom. The van der Waals surface area contributed by atoms with E-state index >= 15 is 0 Å². The Labute approximate surface area is 169 Å². The molecular formula is C23H14F2N4O. The molecule has 0 aliphatic heterocycles. The Balaban J connectivity index is 1.96. The third-order valence-corrected chi connectivity index (χ3v) is 4.94. The second-order valence-electron chi connectivity index (χ2n) is 6.76. The summed E-state index contributed by atoms with van der Waals surface area (Å²) in [7, 11) is 0. The van der Waals surface area contributed by atoms with Crippen molar-refractivity contribution in [2.45, 2.75) is 0 Å². The lowest BCUT2D eigenvalue weighted by molar-refractivity contribution is 0.627. The van der Waals surface area contributed by atoms with E-state index in [2.05, 4.69) is 20.2 Å². The van der Waals surface area contributed by atoms with E-state index < -0.39 is 0 Å². The number of rotatable bonds is 3. The fraction of sp³-hybridized carbons (Fsp3) is 0. The number of hydrogen-bond acceptors (Lipinski definition) is 3. The SMILES string of the molecule is O=c1[nH][nH]c2nc(-c3ccc(F)cc3)c(-c3ccncc3)c(-c3ccc(F)cc3)c12. The Morgan fingerprint density at radius 1 is 0.667 bits per heavy atom. The summed E-state index contributed by atoms with van der Waals surface area (Å²) >= 11 is 0. The fourth-order valence-corrected chi connectivity index (χ4v) is 3.60. The molecule has 0 aliphatic rings. The highest BCUT2D eigenvalue weighted by Crippen LogP contribution is 2.41. The summed E-state index contributed by atoms with van der Waals surface area (Å²) in [4.78, 5) is 21.4. The molecule has 2 aromatic carbocycles. The van der Waals surface area contributed by atoms with Gasteiger partial charge in [-0.3, -0.25) is 20.0 Å². The highest BCUT2D eigenvalue weighted by molar-refractivity contribution is 6.05. The van der Waals surface area contributed by atoms with Gasteiger partial charge in [0.1, 0.15) is 11.6 Å².